The number of tetrazole rings is 1. The Morgan fingerprint density at radius 3 is 2.67 bits per heavy atom. The van der Waals surface area contributed by atoms with Crippen LogP contribution in [0.4, 0.5) is 0 Å². The van der Waals surface area contributed by atoms with Crippen LogP contribution in [0, 0.1) is 0 Å². The van der Waals surface area contributed by atoms with Crippen molar-refractivity contribution in [3.05, 3.63) is 41.7 Å². The average Bonchev–Trinajstić information content (AvgIpc) is 2.66. The number of aryl methyl sites for hydroxylation is 1. The molecule has 5 heteroatoms. The quantitative estimate of drug-likeness (QED) is 0.743. The summed E-state index contributed by atoms with van der Waals surface area (Å²) in [6, 6.07) is 9.99. The van der Waals surface area contributed by atoms with E-state index in [1.165, 1.54) is 4.80 Å². The SMILES string of the molecule is Cn1nnc(COCc2ccccc2)n1. The van der Waals surface area contributed by atoms with Gasteiger partial charge < -0.3 is 4.74 Å². The van der Waals surface area contributed by atoms with Gasteiger partial charge in [0, 0.05) is 0 Å². The Hall–Kier alpha value is -1.75. The lowest BCUT2D eigenvalue weighted by molar-refractivity contribution is 0.101. The summed E-state index contributed by atoms with van der Waals surface area (Å²) < 4.78 is 5.44. The number of nitrogens with zero attached hydrogens (tertiary/aromatic N) is 4. The molecule has 0 aliphatic heterocycles. The summed E-state index contributed by atoms with van der Waals surface area (Å²) in [5.74, 6) is 0.605. The summed E-state index contributed by atoms with van der Waals surface area (Å²) in [6.07, 6.45) is 0. The van der Waals surface area contributed by atoms with E-state index in [-0.39, 0.29) is 0 Å². The highest BCUT2D eigenvalue weighted by molar-refractivity contribution is 5.13. The van der Waals surface area contributed by atoms with Crippen molar-refractivity contribution in [1.82, 2.24) is 20.2 Å². The molecule has 78 valence electrons. The molecule has 1 aromatic carbocycles. The lowest BCUT2D eigenvalue weighted by atomic mass is 10.2. The lowest BCUT2D eigenvalue weighted by Crippen LogP contribution is -1.97. The second-order valence-corrected chi connectivity index (χ2v) is 3.17. The fourth-order valence-electron chi connectivity index (χ4n) is 1.22. The van der Waals surface area contributed by atoms with E-state index in [4.69, 9.17) is 4.74 Å². The van der Waals surface area contributed by atoms with E-state index in [2.05, 4.69) is 15.4 Å². The lowest BCUT2D eigenvalue weighted by Gasteiger charge is -2.00. The van der Waals surface area contributed by atoms with Crippen molar-refractivity contribution >= 4 is 0 Å². The molecule has 0 aliphatic carbocycles. The first-order valence-electron chi connectivity index (χ1n) is 4.69. The van der Waals surface area contributed by atoms with E-state index in [9.17, 15) is 0 Å². The van der Waals surface area contributed by atoms with Gasteiger partial charge in [-0.05, 0) is 10.8 Å². The Balaban J connectivity index is 1.80. The molecule has 2 aromatic rings. The summed E-state index contributed by atoms with van der Waals surface area (Å²) in [5.41, 5.74) is 1.14. The number of hydrogen-bond acceptors (Lipinski definition) is 4. The Kier molecular flexibility index (Phi) is 3.04. The van der Waals surface area contributed by atoms with Crippen LogP contribution in [-0.2, 0) is 25.0 Å². The number of hydrogen-bond donors (Lipinski definition) is 0. The maximum atomic E-state index is 5.44. The Labute approximate surface area is 87.7 Å². The average molecular weight is 204 g/mol. The molecule has 0 amide bonds. The first-order chi connectivity index (χ1) is 7.34. The van der Waals surface area contributed by atoms with Gasteiger partial charge in [-0.2, -0.15) is 4.80 Å². The zero-order valence-electron chi connectivity index (χ0n) is 8.50. The van der Waals surface area contributed by atoms with E-state index >= 15 is 0 Å². The number of ether oxygens (including phenoxy) is 1. The second-order valence-electron chi connectivity index (χ2n) is 3.17. The van der Waals surface area contributed by atoms with Crippen LogP contribution in [0.5, 0.6) is 0 Å². The third-order valence-electron chi connectivity index (χ3n) is 1.89. The monoisotopic (exact) mass is 204 g/mol. The largest absolute Gasteiger partial charge is 0.369 e. The predicted molar refractivity (Wildman–Crippen MR) is 53.7 cm³/mol. The predicted octanol–water partition coefficient (Wildman–Crippen LogP) is 0.927. The first kappa shape index (κ1) is 9.79. The summed E-state index contributed by atoms with van der Waals surface area (Å²) in [7, 11) is 1.73. The van der Waals surface area contributed by atoms with Gasteiger partial charge in [0.25, 0.3) is 0 Å². The zero-order chi connectivity index (χ0) is 10.5. The molecule has 1 aromatic heterocycles. The maximum absolute atomic E-state index is 5.44. The van der Waals surface area contributed by atoms with Gasteiger partial charge >= 0.3 is 0 Å². The minimum atomic E-state index is 0.392. The van der Waals surface area contributed by atoms with Gasteiger partial charge in [-0.3, -0.25) is 0 Å². The van der Waals surface area contributed by atoms with E-state index in [1.54, 1.807) is 7.05 Å². The van der Waals surface area contributed by atoms with Gasteiger partial charge in [0.15, 0.2) is 5.82 Å². The molecule has 0 bridgehead atoms. The minimum absolute atomic E-state index is 0.392. The van der Waals surface area contributed by atoms with Crippen LogP contribution < -0.4 is 0 Å². The van der Waals surface area contributed by atoms with E-state index in [0.29, 0.717) is 19.0 Å². The molecule has 0 spiro atoms. The fraction of sp³-hybridized carbons (Fsp3) is 0.300. The highest BCUT2D eigenvalue weighted by Gasteiger charge is 1.99. The highest BCUT2D eigenvalue weighted by atomic mass is 16.5. The summed E-state index contributed by atoms with van der Waals surface area (Å²) in [4.78, 5) is 1.42. The van der Waals surface area contributed by atoms with Crippen molar-refractivity contribution in [3.8, 4) is 0 Å². The molecule has 0 fully saturated rings. The molecule has 0 saturated heterocycles. The molecular weight excluding hydrogens is 192 g/mol. The molecule has 2 rings (SSSR count). The summed E-state index contributed by atoms with van der Waals surface area (Å²) in [5, 5.41) is 11.6. The van der Waals surface area contributed by atoms with E-state index in [1.807, 2.05) is 30.3 Å². The van der Waals surface area contributed by atoms with Crippen LogP contribution in [0.3, 0.4) is 0 Å². The molecular formula is C10H12N4O. The van der Waals surface area contributed by atoms with Gasteiger partial charge in [0.05, 0.1) is 13.7 Å². The fourth-order valence-corrected chi connectivity index (χ4v) is 1.22. The highest BCUT2D eigenvalue weighted by Crippen LogP contribution is 2.01. The zero-order valence-corrected chi connectivity index (χ0v) is 8.50. The van der Waals surface area contributed by atoms with E-state index in [0.717, 1.165) is 5.56 Å². The maximum Gasteiger partial charge on any atom is 0.200 e. The van der Waals surface area contributed by atoms with Crippen LogP contribution in [0.25, 0.3) is 0 Å². The number of benzene rings is 1. The molecule has 5 nitrogen and oxygen atoms in total. The Bertz CT molecular complexity index is 412. The summed E-state index contributed by atoms with van der Waals surface area (Å²) in [6.45, 7) is 0.960. The molecule has 0 atom stereocenters. The van der Waals surface area contributed by atoms with Crippen molar-refractivity contribution in [2.24, 2.45) is 7.05 Å². The molecule has 0 saturated carbocycles. The van der Waals surface area contributed by atoms with Crippen molar-refractivity contribution in [3.63, 3.8) is 0 Å². The Morgan fingerprint density at radius 1 is 1.20 bits per heavy atom. The first-order valence-corrected chi connectivity index (χ1v) is 4.69. The van der Waals surface area contributed by atoms with Crippen LogP contribution in [0.1, 0.15) is 11.4 Å². The standard InChI is InChI=1S/C10H12N4O/c1-14-12-10(11-13-14)8-15-7-9-5-3-2-4-6-9/h2-6H,7-8H2,1H3. The normalized spacial score (nSPS) is 10.5. The number of rotatable bonds is 4. The second kappa shape index (κ2) is 4.65. The van der Waals surface area contributed by atoms with Crippen molar-refractivity contribution in [1.29, 1.82) is 0 Å². The van der Waals surface area contributed by atoms with Gasteiger partial charge in [0.2, 0.25) is 0 Å². The van der Waals surface area contributed by atoms with Crippen LogP contribution in [0.2, 0.25) is 0 Å². The molecule has 15 heavy (non-hydrogen) atoms. The van der Waals surface area contributed by atoms with Gasteiger partial charge in [-0.1, -0.05) is 30.3 Å². The van der Waals surface area contributed by atoms with Gasteiger partial charge in [0.1, 0.15) is 6.61 Å². The summed E-state index contributed by atoms with van der Waals surface area (Å²) >= 11 is 0. The van der Waals surface area contributed by atoms with Gasteiger partial charge in [-0.15, -0.1) is 10.2 Å². The Morgan fingerprint density at radius 2 is 2.00 bits per heavy atom. The smallest absolute Gasteiger partial charge is 0.200 e. The van der Waals surface area contributed by atoms with Crippen LogP contribution >= 0.6 is 0 Å². The molecule has 0 radical (unpaired) electrons. The van der Waals surface area contributed by atoms with Crippen molar-refractivity contribution in [2.75, 3.05) is 0 Å². The molecule has 0 unspecified atom stereocenters. The topological polar surface area (TPSA) is 52.8 Å². The van der Waals surface area contributed by atoms with Gasteiger partial charge in [-0.25, -0.2) is 0 Å². The number of aromatic nitrogens is 4. The van der Waals surface area contributed by atoms with Crippen molar-refractivity contribution in [2.45, 2.75) is 13.2 Å². The third kappa shape index (κ3) is 2.85. The molecule has 1 heterocycles. The molecule has 0 aliphatic rings. The van der Waals surface area contributed by atoms with Crippen LogP contribution in [0.15, 0.2) is 30.3 Å². The minimum Gasteiger partial charge on any atom is -0.369 e. The third-order valence-corrected chi connectivity index (χ3v) is 1.89. The van der Waals surface area contributed by atoms with Crippen molar-refractivity contribution < 1.29 is 4.74 Å². The van der Waals surface area contributed by atoms with Crippen LogP contribution in [-0.4, -0.2) is 20.2 Å². The van der Waals surface area contributed by atoms with E-state index < -0.39 is 0 Å². The molecule has 0 N–H and O–H groups in total.